The molecule has 0 saturated carbocycles. The van der Waals surface area contributed by atoms with Gasteiger partial charge in [0.2, 0.25) is 0 Å². The molecule has 0 radical (unpaired) electrons. The van der Waals surface area contributed by atoms with Crippen LogP contribution >= 0.6 is 0 Å². The molecule has 1 unspecified atom stereocenters. The maximum absolute atomic E-state index is 13.5. The van der Waals surface area contributed by atoms with Gasteiger partial charge in [0.05, 0.1) is 0 Å². The summed E-state index contributed by atoms with van der Waals surface area (Å²) in [7, 11) is 0. The minimum atomic E-state index is -0.138. The second kappa shape index (κ2) is 8.28. The zero-order valence-electron chi connectivity index (χ0n) is 12.7. The largest absolute Gasteiger partial charge is 0.310 e. The molecule has 0 heterocycles. The van der Waals surface area contributed by atoms with Crippen LogP contribution in [0.5, 0.6) is 0 Å². The van der Waals surface area contributed by atoms with Crippen molar-refractivity contribution in [2.75, 3.05) is 26.2 Å². The molecule has 1 aromatic rings. The fourth-order valence-corrected chi connectivity index (χ4v) is 2.45. The van der Waals surface area contributed by atoms with Gasteiger partial charge in [-0.1, -0.05) is 26.8 Å². The Kier molecular flexibility index (Phi) is 7.03. The van der Waals surface area contributed by atoms with Crippen LogP contribution < -0.4 is 5.32 Å². The standard InChI is InChI=1S/C16H27FN2/c1-5-18-16(8-9-19(6-2)7-3)14-10-13(4)11-15(17)12-14/h10-12,16,18H,5-9H2,1-4H3. The molecule has 3 heteroatoms. The molecule has 0 saturated heterocycles. The van der Waals surface area contributed by atoms with Gasteiger partial charge in [0.25, 0.3) is 0 Å². The lowest BCUT2D eigenvalue weighted by molar-refractivity contribution is 0.282. The lowest BCUT2D eigenvalue weighted by Gasteiger charge is -2.24. The van der Waals surface area contributed by atoms with E-state index in [2.05, 4.69) is 37.1 Å². The third-order valence-electron chi connectivity index (χ3n) is 3.55. The van der Waals surface area contributed by atoms with Gasteiger partial charge < -0.3 is 10.2 Å². The molecule has 1 atom stereocenters. The molecule has 0 aromatic heterocycles. The third kappa shape index (κ3) is 5.29. The zero-order chi connectivity index (χ0) is 14.3. The van der Waals surface area contributed by atoms with E-state index in [0.717, 1.165) is 43.7 Å². The van der Waals surface area contributed by atoms with E-state index in [1.165, 1.54) is 0 Å². The van der Waals surface area contributed by atoms with E-state index < -0.39 is 0 Å². The van der Waals surface area contributed by atoms with Crippen LogP contribution in [0.1, 0.15) is 44.4 Å². The van der Waals surface area contributed by atoms with Crippen LogP contribution in [-0.2, 0) is 0 Å². The van der Waals surface area contributed by atoms with Crippen molar-refractivity contribution in [1.82, 2.24) is 10.2 Å². The Bertz CT molecular complexity index is 355. The molecular formula is C16H27FN2. The number of nitrogens with zero attached hydrogens (tertiary/aromatic N) is 1. The van der Waals surface area contributed by atoms with Crippen molar-refractivity contribution in [2.24, 2.45) is 0 Å². The van der Waals surface area contributed by atoms with Gasteiger partial charge in [-0.2, -0.15) is 0 Å². The SMILES string of the molecule is CCNC(CCN(CC)CC)c1cc(C)cc(F)c1. The fraction of sp³-hybridized carbons (Fsp3) is 0.625. The molecule has 0 fully saturated rings. The fourth-order valence-electron chi connectivity index (χ4n) is 2.45. The van der Waals surface area contributed by atoms with E-state index in [1.54, 1.807) is 12.1 Å². The Morgan fingerprint density at radius 2 is 1.84 bits per heavy atom. The normalized spacial score (nSPS) is 12.9. The predicted octanol–water partition coefficient (Wildman–Crippen LogP) is 3.52. The van der Waals surface area contributed by atoms with Gasteiger partial charge >= 0.3 is 0 Å². The Labute approximate surface area is 117 Å². The van der Waals surface area contributed by atoms with Crippen molar-refractivity contribution >= 4 is 0 Å². The van der Waals surface area contributed by atoms with Crippen LogP contribution in [0.25, 0.3) is 0 Å². The van der Waals surface area contributed by atoms with E-state index in [-0.39, 0.29) is 11.9 Å². The first kappa shape index (κ1) is 16.1. The van der Waals surface area contributed by atoms with Crippen molar-refractivity contribution < 1.29 is 4.39 Å². The Morgan fingerprint density at radius 3 is 2.37 bits per heavy atom. The van der Waals surface area contributed by atoms with Gasteiger partial charge in [0, 0.05) is 6.04 Å². The highest BCUT2D eigenvalue weighted by Crippen LogP contribution is 2.20. The summed E-state index contributed by atoms with van der Waals surface area (Å²) in [6, 6.07) is 5.55. The number of nitrogens with one attached hydrogen (secondary N) is 1. The average molecular weight is 266 g/mol. The maximum atomic E-state index is 13.5. The molecule has 19 heavy (non-hydrogen) atoms. The van der Waals surface area contributed by atoms with Crippen molar-refractivity contribution in [3.8, 4) is 0 Å². The van der Waals surface area contributed by atoms with Gasteiger partial charge in [-0.05, 0) is 62.8 Å². The van der Waals surface area contributed by atoms with Crippen LogP contribution in [-0.4, -0.2) is 31.1 Å². The highest BCUT2D eigenvalue weighted by Gasteiger charge is 2.13. The van der Waals surface area contributed by atoms with Crippen LogP contribution in [0.4, 0.5) is 4.39 Å². The van der Waals surface area contributed by atoms with Crippen molar-refractivity contribution in [3.63, 3.8) is 0 Å². The third-order valence-corrected chi connectivity index (χ3v) is 3.55. The Morgan fingerprint density at radius 1 is 1.16 bits per heavy atom. The topological polar surface area (TPSA) is 15.3 Å². The molecule has 0 spiro atoms. The molecule has 108 valence electrons. The Balaban J connectivity index is 2.75. The number of hydrogen-bond donors (Lipinski definition) is 1. The molecule has 2 nitrogen and oxygen atoms in total. The van der Waals surface area contributed by atoms with Crippen molar-refractivity contribution in [3.05, 3.63) is 35.1 Å². The van der Waals surface area contributed by atoms with Crippen molar-refractivity contribution in [2.45, 2.75) is 40.2 Å². The summed E-state index contributed by atoms with van der Waals surface area (Å²) >= 11 is 0. The van der Waals surface area contributed by atoms with E-state index >= 15 is 0 Å². The quantitative estimate of drug-likeness (QED) is 0.774. The minimum absolute atomic E-state index is 0.138. The second-order valence-electron chi connectivity index (χ2n) is 4.99. The van der Waals surface area contributed by atoms with E-state index in [0.29, 0.717) is 0 Å². The molecule has 1 N–H and O–H groups in total. The maximum Gasteiger partial charge on any atom is 0.123 e. The lowest BCUT2D eigenvalue weighted by atomic mass is 10.0. The monoisotopic (exact) mass is 266 g/mol. The molecule has 0 bridgehead atoms. The number of halogens is 1. The number of rotatable bonds is 8. The smallest absolute Gasteiger partial charge is 0.123 e. The summed E-state index contributed by atoms with van der Waals surface area (Å²) < 4.78 is 13.5. The molecule has 0 aliphatic heterocycles. The number of aryl methyl sites for hydroxylation is 1. The highest BCUT2D eigenvalue weighted by atomic mass is 19.1. The molecular weight excluding hydrogens is 239 g/mol. The lowest BCUT2D eigenvalue weighted by Crippen LogP contribution is -2.29. The zero-order valence-corrected chi connectivity index (χ0v) is 12.7. The minimum Gasteiger partial charge on any atom is -0.310 e. The average Bonchev–Trinajstić information content (AvgIpc) is 2.37. The van der Waals surface area contributed by atoms with Crippen molar-refractivity contribution in [1.29, 1.82) is 0 Å². The van der Waals surface area contributed by atoms with Gasteiger partial charge in [-0.3, -0.25) is 0 Å². The first-order chi connectivity index (χ1) is 9.10. The summed E-state index contributed by atoms with van der Waals surface area (Å²) in [6.07, 6.45) is 1.01. The molecule has 0 aliphatic rings. The molecule has 0 aliphatic carbocycles. The van der Waals surface area contributed by atoms with E-state index in [4.69, 9.17) is 0 Å². The first-order valence-electron chi connectivity index (χ1n) is 7.33. The van der Waals surface area contributed by atoms with Gasteiger partial charge in [0.1, 0.15) is 5.82 Å². The molecule has 1 rings (SSSR count). The predicted molar refractivity (Wildman–Crippen MR) is 80.0 cm³/mol. The van der Waals surface area contributed by atoms with E-state index in [9.17, 15) is 4.39 Å². The summed E-state index contributed by atoms with van der Waals surface area (Å²) in [5, 5.41) is 3.46. The molecule has 1 aromatic carbocycles. The number of benzene rings is 1. The number of hydrogen-bond acceptors (Lipinski definition) is 2. The van der Waals surface area contributed by atoms with Crippen LogP contribution in [0.3, 0.4) is 0 Å². The summed E-state index contributed by atoms with van der Waals surface area (Å²) in [6.45, 7) is 12.5. The van der Waals surface area contributed by atoms with Gasteiger partial charge in [0.15, 0.2) is 0 Å². The van der Waals surface area contributed by atoms with Gasteiger partial charge in [-0.15, -0.1) is 0 Å². The van der Waals surface area contributed by atoms with Crippen LogP contribution in [0, 0.1) is 12.7 Å². The molecule has 0 amide bonds. The van der Waals surface area contributed by atoms with Crippen LogP contribution in [0.2, 0.25) is 0 Å². The first-order valence-corrected chi connectivity index (χ1v) is 7.33. The Hall–Kier alpha value is -0.930. The summed E-state index contributed by atoms with van der Waals surface area (Å²) in [4.78, 5) is 2.40. The highest BCUT2D eigenvalue weighted by molar-refractivity contribution is 5.26. The second-order valence-corrected chi connectivity index (χ2v) is 4.99. The van der Waals surface area contributed by atoms with Gasteiger partial charge in [-0.25, -0.2) is 4.39 Å². The summed E-state index contributed by atoms with van der Waals surface area (Å²) in [5.74, 6) is -0.138. The van der Waals surface area contributed by atoms with Crippen LogP contribution in [0.15, 0.2) is 18.2 Å². The summed E-state index contributed by atoms with van der Waals surface area (Å²) in [5.41, 5.74) is 2.05. The van der Waals surface area contributed by atoms with E-state index in [1.807, 2.05) is 6.92 Å².